The SMILES string of the molecule is CC1C(CN2C(C(=O)NC(C)(C)C)CCC3CCCCC32)OC(c2ccc(CNC(=O)NCc3ccccc3)cc2)OC1c1ccc(CO)cc1. The van der Waals surface area contributed by atoms with Crippen LogP contribution in [0.25, 0.3) is 0 Å². The molecule has 0 aromatic heterocycles. The van der Waals surface area contributed by atoms with Crippen LogP contribution < -0.4 is 16.0 Å². The molecule has 51 heavy (non-hydrogen) atoms. The molecule has 7 atom stereocenters. The highest BCUT2D eigenvalue weighted by atomic mass is 16.7. The van der Waals surface area contributed by atoms with Crippen molar-refractivity contribution in [3.05, 3.63) is 107 Å². The molecule has 0 radical (unpaired) electrons. The molecule has 3 aromatic rings. The first-order valence-corrected chi connectivity index (χ1v) is 18.8. The van der Waals surface area contributed by atoms with Crippen molar-refractivity contribution in [1.29, 1.82) is 0 Å². The van der Waals surface area contributed by atoms with E-state index in [1.165, 1.54) is 19.3 Å². The fraction of sp³-hybridized carbons (Fsp3) is 0.524. The number of hydrogen-bond donors (Lipinski definition) is 4. The lowest BCUT2D eigenvalue weighted by Crippen LogP contribution is -2.61. The maximum atomic E-state index is 13.8. The summed E-state index contributed by atoms with van der Waals surface area (Å²) in [6.45, 7) is 9.82. The van der Waals surface area contributed by atoms with Gasteiger partial charge >= 0.3 is 6.03 Å². The lowest BCUT2D eigenvalue weighted by Gasteiger charge is -2.51. The first-order valence-electron chi connectivity index (χ1n) is 18.8. The number of benzene rings is 3. The third kappa shape index (κ3) is 9.57. The van der Waals surface area contributed by atoms with E-state index in [1.54, 1.807) is 0 Å². The van der Waals surface area contributed by atoms with Crippen LogP contribution in [0.5, 0.6) is 0 Å². The number of amides is 3. The number of carbonyl (C=O) groups excluding carboxylic acids is 2. The molecule has 9 heteroatoms. The molecule has 1 saturated carbocycles. The van der Waals surface area contributed by atoms with Gasteiger partial charge in [0.15, 0.2) is 6.29 Å². The number of aliphatic hydroxyl groups is 1. The minimum absolute atomic E-state index is 0.00870. The number of urea groups is 1. The van der Waals surface area contributed by atoms with Crippen LogP contribution >= 0.6 is 0 Å². The third-order valence-corrected chi connectivity index (χ3v) is 10.8. The van der Waals surface area contributed by atoms with Crippen LogP contribution in [0.3, 0.4) is 0 Å². The average Bonchev–Trinajstić information content (AvgIpc) is 3.14. The Morgan fingerprint density at radius 1 is 0.784 bits per heavy atom. The van der Waals surface area contributed by atoms with E-state index in [9.17, 15) is 14.7 Å². The molecule has 1 aliphatic carbocycles. The van der Waals surface area contributed by atoms with E-state index in [4.69, 9.17) is 9.47 Å². The second-order valence-corrected chi connectivity index (χ2v) is 15.7. The Hall–Kier alpha value is -3.76. The molecule has 6 rings (SSSR count). The summed E-state index contributed by atoms with van der Waals surface area (Å²) in [4.78, 5) is 28.8. The van der Waals surface area contributed by atoms with Gasteiger partial charge in [-0.25, -0.2) is 4.79 Å². The molecular formula is C42H56N4O5. The van der Waals surface area contributed by atoms with E-state index in [-0.39, 0.29) is 48.3 Å². The number of carbonyl (C=O) groups is 2. The van der Waals surface area contributed by atoms with E-state index >= 15 is 0 Å². The summed E-state index contributed by atoms with van der Waals surface area (Å²) in [5.74, 6) is 0.720. The fourth-order valence-electron chi connectivity index (χ4n) is 8.08. The van der Waals surface area contributed by atoms with Crippen LogP contribution in [0.4, 0.5) is 4.79 Å². The van der Waals surface area contributed by atoms with Crippen LogP contribution in [-0.4, -0.2) is 52.2 Å². The van der Waals surface area contributed by atoms with Gasteiger partial charge in [0, 0.05) is 42.7 Å². The summed E-state index contributed by atoms with van der Waals surface area (Å²) in [7, 11) is 0. The van der Waals surface area contributed by atoms with Crippen molar-refractivity contribution in [1.82, 2.24) is 20.9 Å². The Morgan fingerprint density at radius 3 is 2.08 bits per heavy atom. The summed E-state index contributed by atoms with van der Waals surface area (Å²) < 4.78 is 13.6. The molecular weight excluding hydrogens is 640 g/mol. The predicted molar refractivity (Wildman–Crippen MR) is 198 cm³/mol. The van der Waals surface area contributed by atoms with Gasteiger partial charge in [0.25, 0.3) is 0 Å². The van der Waals surface area contributed by atoms with Crippen molar-refractivity contribution in [2.75, 3.05) is 6.54 Å². The van der Waals surface area contributed by atoms with E-state index < -0.39 is 6.29 Å². The summed E-state index contributed by atoms with van der Waals surface area (Å²) in [6.07, 6.45) is 5.68. The lowest BCUT2D eigenvalue weighted by molar-refractivity contribution is -0.278. The molecule has 7 unspecified atom stereocenters. The second kappa shape index (κ2) is 16.7. The molecule has 2 aliphatic heterocycles. The van der Waals surface area contributed by atoms with Gasteiger partial charge in [-0.15, -0.1) is 0 Å². The number of ether oxygens (including phenoxy) is 2. The van der Waals surface area contributed by atoms with Crippen LogP contribution in [0.2, 0.25) is 0 Å². The number of likely N-dealkylation sites (tertiary alicyclic amines) is 1. The van der Waals surface area contributed by atoms with Gasteiger partial charge in [-0.05, 0) is 74.6 Å². The molecule has 4 N–H and O–H groups in total. The molecule has 3 aromatic carbocycles. The number of piperidine rings is 1. The molecule has 3 fully saturated rings. The highest BCUT2D eigenvalue weighted by Crippen LogP contribution is 2.44. The summed E-state index contributed by atoms with van der Waals surface area (Å²) >= 11 is 0. The van der Waals surface area contributed by atoms with Crippen LogP contribution in [0, 0.1) is 11.8 Å². The summed E-state index contributed by atoms with van der Waals surface area (Å²) in [5, 5.41) is 18.8. The maximum Gasteiger partial charge on any atom is 0.315 e. The van der Waals surface area contributed by atoms with Crippen molar-refractivity contribution in [2.45, 2.75) is 122 Å². The molecule has 9 nitrogen and oxygen atoms in total. The molecule has 3 amide bonds. The van der Waals surface area contributed by atoms with E-state index in [1.807, 2.05) is 99.6 Å². The highest BCUT2D eigenvalue weighted by molar-refractivity contribution is 5.82. The smallest absolute Gasteiger partial charge is 0.315 e. The molecule has 2 heterocycles. The average molecular weight is 697 g/mol. The zero-order valence-electron chi connectivity index (χ0n) is 30.6. The van der Waals surface area contributed by atoms with Crippen molar-refractivity contribution in [2.24, 2.45) is 11.8 Å². The zero-order chi connectivity index (χ0) is 36.0. The van der Waals surface area contributed by atoms with Crippen molar-refractivity contribution in [3.63, 3.8) is 0 Å². The normalized spacial score (nSPS) is 26.9. The number of nitrogens with zero attached hydrogens (tertiary/aromatic N) is 1. The molecule has 274 valence electrons. The van der Waals surface area contributed by atoms with E-state index in [0.717, 1.165) is 47.1 Å². The number of hydrogen-bond acceptors (Lipinski definition) is 6. The first kappa shape index (κ1) is 37.0. The van der Waals surface area contributed by atoms with Gasteiger partial charge < -0.3 is 30.5 Å². The first-order chi connectivity index (χ1) is 24.6. The summed E-state index contributed by atoms with van der Waals surface area (Å²) in [5.41, 5.74) is 4.50. The predicted octanol–water partition coefficient (Wildman–Crippen LogP) is 6.91. The van der Waals surface area contributed by atoms with E-state index in [0.29, 0.717) is 31.6 Å². The van der Waals surface area contributed by atoms with Crippen LogP contribution in [0.15, 0.2) is 78.9 Å². The van der Waals surface area contributed by atoms with Crippen molar-refractivity contribution in [3.8, 4) is 0 Å². The van der Waals surface area contributed by atoms with Gasteiger partial charge in [-0.1, -0.05) is 98.6 Å². The lowest BCUT2D eigenvalue weighted by atomic mass is 9.75. The van der Waals surface area contributed by atoms with Gasteiger partial charge in [0.05, 0.1) is 24.9 Å². The van der Waals surface area contributed by atoms with Crippen molar-refractivity contribution >= 4 is 11.9 Å². The molecule has 0 bridgehead atoms. The monoisotopic (exact) mass is 696 g/mol. The van der Waals surface area contributed by atoms with Gasteiger partial charge in [-0.2, -0.15) is 0 Å². The minimum atomic E-state index is -0.612. The highest BCUT2D eigenvalue weighted by Gasteiger charge is 2.46. The largest absolute Gasteiger partial charge is 0.392 e. The number of aliphatic hydroxyl groups excluding tert-OH is 1. The number of fused-ring (bicyclic) bond motifs is 1. The van der Waals surface area contributed by atoms with Crippen LogP contribution in [0.1, 0.15) is 106 Å². The number of rotatable bonds is 10. The van der Waals surface area contributed by atoms with Gasteiger partial charge in [-0.3, -0.25) is 9.69 Å². The Bertz CT molecular complexity index is 1580. The Morgan fingerprint density at radius 2 is 1.41 bits per heavy atom. The van der Waals surface area contributed by atoms with Crippen LogP contribution in [-0.2, 0) is 34.0 Å². The third-order valence-electron chi connectivity index (χ3n) is 10.8. The zero-order valence-corrected chi connectivity index (χ0v) is 30.6. The standard InChI is InChI=1S/C42H56N4O5/c1-28-37(26-46-35-13-9-8-12-32(35)22-23-36(46)39(48)45-42(2,3)4)50-40(51-38(28)33-18-16-31(27-47)17-19-33)34-20-14-30(15-21-34)25-44-41(49)43-24-29-10-6-5-7-11-29/h5-7,10-11,14-21,28,32,35-38,40,47H,8-9,12-13,22-27H2,1-4H3,(H,45,48)(H2,43,44,49). The molecule has 3 aliphatic rings. The second-order valence-electron chi connectivity index (χ2n) is 15.7. The van der Waals surface area contributed by atoms with E-state index in [2.05, 4.69) is 27.8 Å². The molecule has 0 spiro atoms. The van der Waals surface area contributed by atoms with Gasteiger partial charge in [0.1, 0.15) is 0 Å². The maximum absolute atomic E-state index is 13.8. The van der Waals surface area contributed by atoms with Crippen molar-refractivity contribution < 1.29 is 24.2 Å². The number of nitrogens with one attached hydrogen (secondary N) is 3. The quantitative estimate of drug-likeness (QED) is 0.183. The fourth-order valence-corrected chi connectivity index (χ4v) is 8.08. The van der Waals surface area contributed by atoms with Gasteiger partial charge in [0.2, 0.25) is 5.91 Å². The molecule has 2 saturated heterocycles. The topological polar surface area (TPSA) is 112 Å². The summed E-state index contributed by atoms with van der Waals surface area (Å²) in [6, 6.07) is 25.8. The Kier molecular flexibility index (Phi) is 12.1. The Labute approximate surface area is 303 Å². The Balaban J connectivity index is 1.20. The minimum Gasteiger partial charge on any atom is -0.392 e.